The highest BCUT2D eigenvalue weighted by Crippen LogP contribution is 2.46. The van der Waals surface area contributed by atoms with E-state index in [2.05, 4.69) is 44.0 Å². The highest BCUT2D eigenvalue weighted by Gasteiger charge is 2.60. The molecule has 4 aliphatic heterocycles. The molecule has 3 saturated heterocycles. The van der Waals surface area contributed by atoms with Gasteiger partial charge in [0.15, 0.2) is 17.7 Å². The van der Waals surface area contributed by atoms with Gasteiger partial charge < -0.3 is 34.3 Å². The lowest BCUT2D eigenvalue weighted by Gasteiger charge is -2.47. The predicted octanol–water partition coefficient (Wildman–Crippen LogP) is 6.79. The fourth-order valence-electron chi connectivity index (χ4n) is 10.1. The Morgan fingerprint density at radius 1 is 1.05 bits per heavy atom. The Labute approximate surface area is 354 Å². The second-order valence-corrected chi connectivity index (χ2v) is 19.1. The predicted molar refractivity (Wildman–Crippen MR) is 229 cm³/mol. The minimum absolute atomic E-state index is 0.142. The first-order chi connectivity index (χ1) is 28.0. The van der Waals surface area contributed by atoms with Crippen molar-refractivity contribution >= 4 is 40.6 Å². The number of aliphatic imine (C=N–C) groups is 1. The van der Waals surface area contributed by atoms with E-state index < -0.39 is 65.6 Å². The summed E-state index contributed by atoms with van der Waals surface area (Å²) in [6.45, 7) is 16.8. The molecule has 3 fully saturated rings. The number of rotatable bonds is 8. The number of para-hydroxylation sites is 1. The first kappa shape index (κ1) is 44.7. The number of hydrogen-bond acceptors (Lipinski definition) is 12. The first-order valence-electron chi connectivity index (χ1n) is 21.3. The lowest BCUT2D eigenvalue weighted by molar-refractivity contribution is -0.286. The van der Waals surface area contributed by atoms with E-state index >= 15 is 0 Å². The van der Waals surface area contributed by atoms with Gasteiger partial charge in [-0.1, -0.05) is 64.7 Å². The van der Waals surface area contributed by atoms with Gasteiger partial charge in [0.1, 0.15) is 18.1 Å². The number of amides is 1. The molecule has 2 bridgehead atoms. The molecule has 6 rings (SSSR count). The molecule has 1 aromatic heterocycles. The standard InChI is InChI=1S/C46H64N4O8S/c1-11-36-46(8)40-29(4)37(47-22-23-50(40)44(54)58-46)27(2)25-45(7,21-15-18-33-19-20-34(59-33)26-48-32-16-13-12-14-17-32)41(30(5)38(51)31(6)42(53)56-36)57-43-39(52)35(49(9)10)24-28(3)55-43/h12-14,16-17,19-20,27-31,35-36,39-41,43,48,52H,11,21-26H2,1-10H3/t27-,28-,29-,30+,31-,35+,36+,39-,40-,41-,43?,45+,46-/m1/s1. The molecule has 1 amide bonds. The fourth-order valence-corrected chi connectivity index (χ4v) is 10.9. The summed E-state index contributed by atoms with van der Waals surface area (Å²) in [5, 5.41) is 15.2. The molecule has 13 atom stereocenters. The van der Waals surface area contributed by atoms with Gasteiger partial charge in [-0.25, -0.2) is 4.79 Å². The molecule has 322 valence electrons. The highest BCUT2D eigenvalue weighted by molar-refractivity contribution is 7.12. The zero-order valence-corrected chi connectivity index (χ0v) is 37.2. The van der Waals surface area contributed by atoms with Crippen molar-refractivity contribution in [1.82, 2.24) is 9.80 Å². The van der Waals surface area contributed by atoms with E-state index in [1.807, 2.05) is 76.2 Å². The lowest BCUT2D eigenvalue weighted by atomic mass is 9.66. The van der Waals surface area contributed by atoms with Gasteiger partial charge >= 0.3 is 12.1 Å². The third-order valence-electron chi connectivity index (χ3n) is 13.1. The number of ether oxygens (including phenoxy) is 4. The molecule has 0 aliphatic carbocycles. The summed E-state index contributed by atoms with van der Waals surface area (Å²) in [7, 11) is 3.85. The van der Waals surface area contributed by atoms with Crippen molar-refractivity contribution in [1.29, 1.82) is 0 Å². The topological polar surface area (TPSA) is 139 Å². The van der Waals surface area contributed by atoms with E-state index in [4.69, 9.17) is 23.9 Å². The zero-order chi connectivity index (χ0) is 42.8. The summed E-state index contributed by atoms with van der Waals surface area (Å²) in [6.07, 6.45) is -2.52. The third kappa shape index (κ3) is 9.42. The van der Waals surface area contributed by atoms with Gasteiger partial charge in [-0.3, -0.25) is 19.5 Å². The molecule has 13 heteroatoms. The molecule has 5 heterocycles. The SMILES string of the molecule is CC[C@@H]1OC(=O)[C@H](C)C(=O)[C@H](C)[C@@H](OC2O[C@H](C)C[C@H](N(C)C)[C@H]2O)[C@@](C)(CC#Cc2ccc(CNc3ccccc3)s2)C[C@@H](C)C2=NCCN3C(=O)O[C@@]1(C)[C@H]3[C@@H]2C. The molecule has 2 aromatic rings. The quantitative estimate of drug-likeness (QED) is 0.166. The van der Waals surface area contributed by atoms with Crippen molar-refractivity contribution in [2.45, 2.75) is 136 Å². The molecular weight excluding hydrogens is 769 g/mol. The van der Waals surface area contributed by atoms with Crippen LogP contribution in [0.4, 0.5) is 10.5 Å². The average molecular weight is 833 g/mol. The number of nitrogens with one attached hydrogen (secondary N) is 1. The van der Waals surface area contributed by atoms with Gasteiger partial charge in [-0.15, -0.1) is 11.3 Å². The molecule has 1 unspecified atom stereocenters. The summed E-state index contributed by atoms with van der Waals surface area (Å²) >= 11 is 1.62. The van der Waals surface area contributed by atoms with E-state index in [9.17, 15) is 19.5 Å². The van der Waals surface area contributed by atoms with Crippen molar-refractivity contribution in [3.8, 4) is 11.8 Å². The number of aliphatic hydroxyl groups is 1. The maximum atomic E-state index is 14.7. The van der Waals surface area contributed by atoms with Crippen LogP contribution in [0, 0.1) is 40.9 Å². The minimum Gasteiger partial charge on any atom is -0.458 e. The highest BCUT2D eigenvalue weighted by atomic mass is 32.1. The summed E-state index contributed by atoms with van der Waals surface area (Å²) < 4.78 is 25.7. The van der Waals surface area contributed by atoms with E-state index in [1.54, 1.807) is 30.1 Å². The monoisotopic (exact) mass is 832 g/mol. The van der Waals surface area contributed by atoms with Crippen molar-refractivity contribution in [2.75, 3.05) is 32.5 Å². The zero-order valence-electron chi connectivity index (χ0n) is 36.4. The average Bonchev–Trinajstić information content (AvgIpc) is 3.70. The van der Waals surface area contributed by atoms with Gasteiger partial charge in [-0.05, 0) is 84.3 Å². The Morgan fingerprint density at radius 3 is 2.47 bits per heavy atom. The number of benzene rings is 1. The van der Waals surface area contributed by atoms with Gasteiger partial charge in [-0.2, -0.15) is 0 Å². The summed E-state index contributed by atoms with van der Waals surface area (Å²) in [4.78, 5) is 53.1. The number of ketones is 1. The maximum absolute atomic E-state index is 14.7. The van der Waals surface area contributed by atoms with Crippen molar-refractivity contribution in [3.63, 3.8) is 0 Å². The number of anilines is 1. The van der Waals surface area contributed by atoms with Crippen LogP contribution in [-0.4, -0.2) is 114 Å². The van der Waals surface area contributed by atoms with Gasteiger partial charge in [0.05, 0.1) is 29.7 Å². The summed E-state index contributed by atoms with van der Waals surface area (Å²) in [5.74, 6) is 3.48. The largest absolute Gasteiger partial charge is 0.458 e. The Kier molecular flexibility index (Phi) is 14.0. The number of thiophene rings is 1. The molecule has 2 N–H and O–H groups in total. The first-order valence-corrected chi connectivity index (χ1v) is 22.1. The molecule has 0 saturated carbocycles. The minimum atomic E-state index is -1.17. The fraction of sp³-hybridized carbons (Fsp3) is 0.652. The maximum Gasteiger partial charge on any atom is 0.410 e. The normalized spacial score (nSPS) is 36.7. The molecule has 0 radical (unpaired) electrons. The Hall–Kier alpha value is -3.80. The number of Topliss-reactive ketones (excluding diaryl/α,β-unsaturated/α-hetero) is 1. The Morgan fingerprint density at radius 2 is 1.78 bits per heavy atom. The lowest BCUT2D eigenvalue weighted by Crippen LogP contribution is -2.58. The Bertz CT molecular complexity index is 1910. The van der Waals surface area contributed by atoms with Crippen LogP contribution in [0.2, 0.25) is 0 Å². The van der Waals surface area contributed by atoms with Crippen molar-refractivity contribution in [2.24, 2.45) is 34.1 Å². The van der Waals surface area contributed by atoms with Crippen LogP contribution >= 0.6 is 11.3 Å². The van der Waals surface area contributed by atoms with E-state index in [-0.39, 0.29) is 29.8 Å². The van der Waals surface area contributed by atoms with Crippen LogP contribution in [0.15, 0.2) is 47.5 Å². The third-order valence-corrected chi connectivity index (χ3v) is 14.1. The van der Waals surface area contributed by atoms with Crippen LogP contribution in [-0.2, 0) is 35.1 Å². The second kappa shape index (κ2) is 18.4. The number of cyclic esters (lactones) is 1. The number of fused-ring (bicyclic) bond motifs is 1. The number of carbonyl (C=O) groups is 3. The van der Waals surface area contributed by atoms with Crippen molar-refractivity contribution < 1.29 is 38.4 Å². The summed E-state index contributed by atoms with van der Waals surface area (Å²) in [5.41, 5.74) is -0.0287. The van der Waals surface area contributed by atoms with E-state index in [0.717, 1.165) is 21.2 Å². The van der Waals surface area contributed by atoms with Crippen LogP contribution < -0.4 is 5.32 Å². The number of hydrogen-bond donors (Lipinski definition) is 2. The molecule has 4 aliphatic rings. The molecule has 1 aromatic carbocycles. The summed E-state index contributed by atoms with van der Waals surface area (Å²) in [6, 6.07) is 13.5. The number of carbonyl (C=O) groups excluding carboxylic acids is 3. The van der Waals surface area contributed by atoms with Crippen LogP contribution in [0.25, 0.3) is 0 Å². The van der Waals surface area contributed by atoms with Gasteiger partial charge in [0, 0.05) is 59.1 Å². The number of aliphatic hydroxyl groups excluding tert-OH is 1. The van der Waals surface area contributed by atoms with Gasteiger partial charge in [0.2, 0.25) is 0 Å². The van der Waals surface area contributed by atoms with Crippen molar-refractivity contribution in [3.05, 3.63) is 52.2 Å². The Balaban J connectivity index is 1.41. The number of likely N-dealkylation sites (N-methyl/N-ethyl adjacent to an activating group) is 1. The molecule has 0 spiro atoms. The molecule has 59 heavy (non-hydrogen) atoms. The van der Waals surface area contributed by atoms with E-state index in [1.165, 1.54) is 0 Å². The number of nitrogens with zero attached hydrogens (tertiary/aromatic N) is 3. The number of esters is 1. The van der Waals surface area contributed by atoms with Crippen LogP contribution in [0.1, 0.15) is 90.8 Å². The van der Waals surface area contributed by atoms with Crippen LogP contribution in [0.5, 0.6) is 0 Å². The second-order valence-electron chi connectivity index (χ2n) is 17.9. The molecule has 12 nitrogen and oxygen atoms in total. The van der Waals surface area contributed by atoms with E-state index in [0.29, 0.717) is 45.3 Å². The van der Waals surface area contributed by atoms with Gasteiger partial charge in [0.25, 0.3) is 0 Å². The molecular formula is C46H64N4O8S. The smallest absolute Gasteiger partial charge is 0.410 e. The van der Waals surface area contributed by atoms with Crippen LogP contribution in [0.3, 0.4) is 0 Å².